The van der Waals surface area contributed by atoms with E-state index in [9.17, 15) is 14.4 Å². The molecule has 0 aromatic heterocycles. The van der Waals surface area contributed by atoms with E-state index in [1.54, 1.807) is 24.3 Å². The van der Waals surface area contributed by atoms with Gasteiger partial charge in [0.2, 0.25) is 6.10 Å². The number of benzene rings is 3. The maximum Gasteiger partial charge on any atom is 0.311 e. The number of ether oxygens (including phenoxy) is 2. The summed E-state index contributed by atoms with van der Waals surface area (Å²) >= 11 is 6.47. The molecule has 172 valence electrons. The predicted molar refractivity (Wildman–Crippen MR) is 128 cm³/mol. The van der Waals surface area contributed by atoms with Gasteiger partial charge in [0.15, 0.2) is 11.6 Å². The Labute approximate surface area is 203 Å². The molecule has 0 aliphatic heterocycles. The van der Waals surface area contributed by atoms with Crippen LogP contribution in [0.15, 0.2) is 84.9 Å². The van der Waals surface area contributed by atoms with Crippen LogP contribution in [0.4, 0.5) is 4.39 Å². The van der Waals surface area contributed by atoms with Crippen LogP contribution in [0.25, 0.3) is 5.03 Å². The van der Waals surface area contributed by atoms with Crippen LogP contribution in [-0.2, 0) is 9.53 Å². The molecule has 0 saturated heterocycles. The monoisotopic (exact) mass is 475 g/mol. The number of carbonyl (C=O) groups is 1. The van der Waals surface area contributed by atoms with E-state index in [4.69, 9.17) is 21.1 Å². The number of hydrogen-bond donors (Lipinski definition) is 0. The van der Waals surface area contributed by atoms with Crippen LogP contribution in [-0.4, -0.2) is 5.97 Å². The van der Waals surface area contributed by atoms with Gasteiger partial charge in [-0.3, -0.25) is 4.79 Å². The van der Waals surface area contributed by atoms with Crippen LogP contribution < -0.4 is 4.74 Å². The van der Waals surface area contributed by atoms with E-state index in [0.717, 1.165) is 5.56 Å². The molecule has 1 aliphatic carbocycles. The smallest absolute Gasteiger partial charge is 0.311 e. The fourth-order valence-electron chi connectivity index (χ4n) is 4.03. The van der Waals surface area contributed by atoms with Gasteiger partial charge in [0.05, 0.1) is 5.92 Å². The van der Waals surface area contributed by atoms with Gasteiger partial charge in [-0.25, -0.2) is 4.39 Å². The molecular formula is C28H23ClFNO3. The third-order valence-corrected chi connectivity index (χ3v) is 6.46. The van der Waals surface area contributed by atoms with Crippen LogP contribution >= 0.6 is 11.6 Å². The molecule has 4 nitrogen and oxygen atoms in total. The molecule has 1 aliphatic rings. The van der Waals surface area contributed by atoms with Crippen molar-refractivity contribution >= 4 is 22.6 Å². The van der Waals surface area contributed by atoms with Gasteiger partial charge in [0.1, 0.15) is 11.8 Å². The number of nitrogens with zero attached hydrogens (tertiary/aromatic N) is 1. The minimum absolute atomic E-state index is 0.0535. The van der Waals surface area contributed by atoms with Crippen molar-refractivity contribution in [3.05, 3.63) is 102 Å². The molecule has 0 radical (unpaired) electrons. The zero-order valence-electron chi connectivity index (χ0n) is 18.7. The molecule has 34 heavy (non-hydrogen) atoms. The van der Waals surface area contributed by atoms with Crippen LogP contribution in [0, 0.1) is 34.4 Å². The minimum Gasteiger partial charge on any atom is -0.454 e. The van der Waals surface area contributed by atoms with E-state index < -0.39 is 23.8 Å². The third kappa shape index (κ3) is 4.98. The van der Waals surface area contributed by atoms with Crippen LogP contribution in [0.2, 0.25) is 0 Å². The summed E-state index contributed by atoms with van der Waals surface area (Å²) in [6.45, 7) is 3.92. The standard InChI is InChI=1S/C28H23ClFNO3/c1-28(2)21(16-22(29)18-9-5-3-6-10-18)26(28)27(32)34-25(17-31)19-13-14-23(30)24(15-19)33-20-11-7-4-8-12-20/h3-16,21,25-26H,1-2H3/b22-16-. The lowest BCUT2D eigenvalue weighted by molar-refractivity contribution is -0.149. The second-order valence-electron chi connectivity index (χ2n) is 8.76. The molecule has 6 heteroatoms. The van der Waals surface area contributed by atoms with Crippen LogP contribution in [0.5, 0.6) is 11.5 Å². The molecule has 3 atom stereocenters. The van der Waals surface area contributed by atoms with Gasteiger partial charge in [0, 0.05) is 10.6 Å². The predicted octanol–water partition coefficient (Wildman–Crippen LogP) is 7.28. The lowest BCUT2D eigenvalue weighted by atomic mass is 10.1. The third-order valence-electron chi connectivity index (χ3n) is 6.12. The number of rotatable bonds is 7. The number of para-hydroxylation sites is 1. The summed E-state index contributed by atoms with van der Waals surface area (Å²) in [5.74, 6) is -1.25. The second kappa shape index (κ2) is 9.70. The molecule has 0 bridgehead atoms. The largest absolute Gasteiger partial charge is 0.454 e. The summed E-state index contributed by atoms with van der Waals surface area (Å²) in [4.78, 5) is 13.0. The molecular weight excluding hydrogens is 453 g/mol. The van der Waals surface area contributed by atoms with Crippen molar-refractivity contribution < 1.29 is 18.7 Å². The van der Waals surface area contributed by atoms with Crippen LogP contribution in [0.3, 0.4) is 0 Å². The van der Waals surface area contributed by atoms with Crippen molar-refractivity contribution in [1.29, 1.82) is 5.26 Å². The highest BCUT2D eigenvalue weighted by atomic mass is 35.5. The van der Waals surface area contributed by atoms with E-state index >= 15 is 0 Å². The number of esters is 1. The average Bonchev–Trinajstić information content (AvgIpc) is 3.39. The number of carbonyl (C=O) groups excluding carboxylic acids is 1. The summed E-state index contributed by atoms with van der Waals surface area (Å²) < 4.78 is 25.5. The Kier molecular flexibility index (Phi) is 6.72. The fourth-order valence-corrected chi connectivity index (χ4v) is 4.29. The Morgan fingerprint density at radius 2 is 1.74 bits per heavy atom. The first kappa shape index (κ1) is 23.5. The summed E-state index contributed by atoms with van der Waals surface area (Å²) in [6, 6.07) is 24.2. The van der Waals surface area contributed by atoms with Gasteiger partial charge in [-0.15, -0.1) is 0 Å². The molecule has 0 amide bonds. The zero-order chi connectivity index (χ0) is 24.3. The SMILES string of the molecule is CC1(C)C(/C=C(\Cl)c2ccccc2)C1C(=O)OC(C#N)c1ccc(F)c(Oc2ccccc2)c1. The fraction of sp³-hybridized carbons (Fsp3) is 0.214. The molecule has 4 rings (SSSR count). The van der Waals surface area contributed by atoms with Crippen molar-refractivity contribution in [1.82, 2.24) is 0 Å². The first-order valence-corrected chi connectivity index (χ1v) is 11.2. The normalized spacial score (nSPS) is 19.6. The molecule has 3 aromatic carbocycles. The Balaban J connectivity index is 1.49. The second-order valence-corrected chi connectivity index (χ2v) is 9.16. The lowest BCUT2D eigenvalue weighted by Crippen LogP contribution is -2.14. The van der Waals surface area contributed by atoms with Gasteiger partial charge in [0.25, 0.3) is 0 Å². The number of allylic oxidation sites excluding steroid dienone is 1. The molecule has 3 unspecified atom stereocenters. The van der Waals surface area contributed by atoms with Gasteiger partial charge >= 0.3 is 5.97 Å². The molecule has 1 saturated carbocycles. The zero-order valence-corrected chi connectivity index (χ0v) is 19.5. The average molecular weight is 476 g/mol. The first-order valence-electron chi connectivity index (χ1n) is 10.9. The summed E-state index contributed by atoms with van der Waals surface area (Å²) in [7, 11) is 0. The van der Waals surface area contributed by atoms with Gasteiger partial charge in [-0.1, -0.05) is 86.1 Å². The Morgan fingerprint density at radius 1 is 1.09 bits per heavy atom. The molecule has 1 fully saturated rings. The summed E-state index contributed by atoms with van der Waals surface area (Å²) in [5, 5.41) is 10.2. The van der Waals surface area contributed by atoms with E-state index in [0.29, 0.717) is 16.3 Å². The topological polar surface area (TPSA) is 59.3 Å². The quantitative estimate of drug-likeness (QED) is 0.337. The summed E-state index contributed by atoms with van der Waals surface area (Å²) in [6.07, 6.45) is 0.672. The number of hydrogen-bond acceptors (Lipinski definition) is 4. The highest BCUT2D eigenvalue weighted by Gasteiger charge is 2.62. The van der Waals surface area contributed by atoms with Gasteiger partial charge in [-0.05, 0) is 41.2 Å². The van der Waals surface area contributed by atoms with E-state index in [2.05, 4.69) is 0 Å². The maximum absolute atomic E-state index is 14.3. The molecule has 0 spiro atoms. The van der Waals surface area contributed by atoms with Crippen molar-refractivity contribution in [3.8, 4) is 17.6 Å². The Hall–Kier alpha value is -3.62. The first-order chi connectivity index (χ1) is 16.3. The molecule has 0 heterocycles. The van der Waals surface area contributed by atoms with Crippen molar-refractivity contribution in [2.45, 2.75) is 20.0 Å². The van der Waals surface area contributed by atoms with E-state index in [-0.39, 0.29) is 17.1 Å². The molecule has 0 N–H and O–H groups in total. The number of nitriles is 1. The van der Waals surface area contributed by atoms with Gasteiger partial charge < -0.3 is 9.47 Å². The van der Waals surface area contributed by atoms with Crippen molar-refractivity contribution in [2.75, 3.05) is 0 Å². The summed E-state index contributed by atoms with van der Waals surface area (Å²) in [5.41, 5.74) is 0.832. The highest BCUT2D eigenvalue weighted by Crippen LogP contribution is 2.60. The number of halogens is 2. The highest BCUT2D eigenvalue weighted by molar-refractivity contribution is 6.48. The molecule has 3 aromatic rings. The van der Waals surface area contributed by atoms with Crippen LogP contribution in [0.1, 0.15) is 31.1 Å². The van der Waals surface area contributed by atoms with E-state index in [1.807, 2.05) is 62.4 Å². The van der Waals surface area contributed by atoms with Crippen molar-refractivity contribution in [3.63, 3.8) is 0 Å². The minimum atomic E-state index is -1.20. The van der Waals surface area contributed by atoms with Gasteiger partial charge in [-0.2, -0.15) is 5.26 Å². The lowest BCUT2D eigenvalue weighted by Gasteiger charge is -2.14. The Bertz CT molecular complexity index is 1250. The van der Waals surface area contributed by atoms with E-state index in [1.165, 1.54) is 18.2 Å². The Morgan fingerprint density at radius 3 is 2.38 bits per heavy atom. The van der Waals surface area contributed by atoms with Crippen molar-refractivity contribution in [2.24, 2.45) is 17.3 Å². The maximum atomic E-state index is 14.3.